The van der Waals surface area contributed by atoms with Gasteiger partial charge in [0.25, 0.3) is 0 Å². The zero-order chi connectivity index (χ0) is 13.1. The lowest BCUT2D eigenvalue weighted by Crippen LogP contribution is -2.16. The number of anilines is 1. The monoisotopic (exact) mass is 249 g/mol. The van der Waals surface area contributed by atoms with Crippen molar-refractivity contribution in [2.75, 3.05) is 26.6 Å². The lowest BCUT2D eigenvalue weighted by molar-refractivity contribution is 0.155. The number of benzene rings is 1. The van der Waals surface area contributed by atoms with Gasteiger partial charge in [0.1, 0.15) is 5.75 Å². The Morgan fingerprint density at radius 3 is 2.78 bits per heavy atom. The number of imidazole rings is 1. The molecule has 2 rings (SSSR count). The van der Waals surface area contributed by atoms with Gasteiger partial charge in [0.05, 0.1) is 30.8 Å². The molecule has 0 spiro atoms. The van der Waals surface area contributed by atoms with Crippen LogP contribution in [0.25, 0.3) is 11.0 Å². The molecule has 18 heavy (non-hydrogen) atoms. The summed E-state index contributed by atoms with van der Waals surface area (Å²) < 4.78 is 12.5. The van der Waals surface area contributed by atoms with Crippen LogP contribution >= 0.6 is 0 Å². The summed E-state index contributed by atoms with van der Waals surface area (Å²) in [6.45, 7) is 2.72. The van der Waals surface area contributed by atoms with Gasteiger partial charge in [-0.1, -0.05) is 6.92 Å². The molecule has 5 heteroatoms. The Morgan fingerprint density at radius 2 is 2.17 bits per heavy atom. The average molecular weight is 249 g/mol. The smallest absolute Gasteiger partial charge is 0.201 e. The van der Waals surface area contributed by atoms with Crippen molar-refractivity contribution in [2.45, 2.75) is 19.4 Å². The maximum atomic E-state index is 6.01. The Balaban J connectivity index is 2.56. The predicted octanol–water partition coefficient (Wildman–Crippen LogP) is 2.22. The third kappa shape index (κ3) is 2.13. The molecule has 5 nitrogen and oxygen atoms in total. The third-order valence-electron chi connectivity index (χ3n) is 3.12. The fourth-order valence-corrected chi connectivity index (χ4v) is 2.17. The first kappa shape index (κ1) is 12.7. The molecule has 1 unspecified atom stereocenters. The lowest BCUT2D eigenvalue weighted by atomic mass is 10.2. The molecule has 0 bridgehead atoms. The Morgan fingerprint density at radius 1 is 1.39 bits per heavy atom. The Kier molecular flexibility index (Phi) is 3.72. The van der Waals surface area contributed by atoms with E-state index in [1.165, 1.54) is 0 Å². The van der Waals surface area contributed by atoms with Crippen LogP contribution in [0.15, 0.2) is 18.2 Å². The van der Waals surface area contributed by atoms with E-state index in [2.05, 4.69) is 11.9 Å². The van der Waals surface area contributed by atoms with Gasteiger partial charge in [0.2, 0.25) is 5.95 Å². The second-order valence-electron chi connectivity index (χ2n) is 4.21. The zero-order valence-electron chi connectivity index (χ0n) is 11.0. The van der Waals surface area contributed by atoms with E-state index >= 15 is 0 Å². The maximum Gasteiger partial charge on any atom is 0.201 e. The van der Waals surface area contributed by atoms with E-state index in [9.17, 15) is 0 Å². The van der Waals surface area contributed by atoms with Crippen LogP contribution < -0.4 is 10.5 Å². The van der Waals surface area contributed by atoms with Gasteiger partial charge >= 0.3 is 0 Å². The van der Waals surface area contributed by atoms with E-state index in [1.807, 2.05) is 22.8 Å². The summed E-state index contributed by atoms with van der Waals surface area (Å²) in [7, 11) is 3.34. The van der Waals surface area contributed by atoms with Gasteiger partial charge in [-0.15, -0.1) is 0 Å². The fraction of sp³-hybridized carbons (Fsp3) is 0.462. The van der Waals surface area contributed by atoms with Gasteiger partial charge in [-0.25, -0.2) is 4.98 Å². The molecule has 0 radical (unpaired) electrons. The number of methoxy groups -OCH3 is 2. The Bertz CT molecular complexity index is 536. The van der Waals surface area contributed by atoms with Crippen LogP contribution in [-0.2, 0) is 4.74 Å². The fourth-order valence-electron chi connectivity index (χ4n) is 2.17. The molecule has 1 aromatic carbocycles. The quantitative estimate of drug-likeness (QED) is 0.882. The van der Waals surface area contributed by atoms with E-state index < -0.39 is 0 Å². The van der Waals surface area contributed by atoms with Crippen molar-refractivity contribution in [2.24, 2.45) is 0 Å². The molecule has 0 aliphatic heterocycles. The minimum absolute atomic E-state index is 0.187. The van der Waals surface area contributed by atoms with E-state index in [1.54, 1.807) is 14.2 Å². The highest BCUT2D eigenvalue weighted by molar-refractivity contribution is 5.80. The molecule has 0 fully saturated rings. The molecule has 98 valence electrons. The summed E-state index contributed by atoms with van der Waals surface area (Å²) in [4.78, 5) is 4.37. The lowest BCUT2D eigenvalue weighted by Gasteiger charge is -2.18. The zero-order valence-corrected chi connectivity index (χ0v) is 11.0. The van der Waals surface area contributed by atoms with Gasteiger partial charge in [-0.05, 0) is 18.6 Å². The number of fused-ring (bicyclic) bond motifs is 1. The minimum atomic E-state index is 0.187. The standard InChI is InChI=1S/C13H19N3O2/c1-4-9(8-17-2)16-12-7-10(18-3)5-6-11(12)15-13(16)14/h5-7,9H,4,8H2,1-3H3,(H2,14,15). The summed E-state index contributed by atoms with van der Waals surface area (Å²) in [6.07, 6.45) is 0.931. The van der Waals surface area contributed by atoms with E-state index in [0.717, 1.165) is 23.2 Å². The SMILES string of the molecule is CCC(COC)n1c(N)nc2ccc(OC)cc21. The highest BCUT2D eigenvalue weighted by Gasteiger charge is 2.16. The number of hydrogen-bond donors (Lipinski definition) is 1. The van der Waals surface area contributed by atoms with Crippen molar-refractivity contribution in [3.8, 4) is 5.75 Å². The van der Waals surface area contributed by atoms with Gasteiger partial charge in [0, 0.05) is 13.2 Å². The van der Waals surface area contributed by atoms with Crippen LogP contribution in [0.1, 0.15) is 19.4 Å². The van der Waals surface area contributed by atoms with Crippen molar-refractivity contribution in [3.05, 3.63) is 18.2 Å². The first-order valence-electron chi connectivity index (χ1n) is 6.01. The summed E-state index contributed by atoms with van der Waals surface area (Å²) >= 11 is 0. The topological polar surface area (TPSA) is 62.3 Å². The first-order chi connectivity index (χ1) is 8.71. The van der Waals surface area contributed by atoms with Crippen LogP contribution in [0, 0.1) is 0 Å². The maximum absolute atomic E-state index is 6.01. The molecule has 0 amide bonds. The number of nitrogen functional groups attached to an aromatic ring is 1. The Hall–Kier alpha value is -1.75. The second kappa shape index (κ2) is 5.27. The van der Waals surface area contributed by atoms with E-state index in [0.29, 0.717) is 12.6 Å². The van der Waals surface area contributed by atoms with Crippen LogP contribution in [0.2, 0.25) is 0 Å². The van der Waals surface area contributed by atoms with Crippen LogP contribution in [-0.4, -0.2) is 30.4 Å². The summed E-state index contributed by atoms with van der Waals surface area (Å²) in [5, 5.41) is 0. The molecule has 2 aromatic rings. The normalized spacial score (nSPS) is 12.8. The third-order valence-corrected chi connectivity index (χ3v) is 3.12. The largest absolute Gasteiger partial charge is 0.497 e. The molecule has 0 saturated carbocycles. The van der Waals surface area contributed by atoms with Crippen molar-refractivity contribution in [3.63, 3.8) is 0 Å². The number of hydrogen-bond acceptors (Lipinski definition) is 4. The van der Waals surface area contributed by atoms with Crippen molar-refractivity contribution >= 4 is 17.0 Å². The number of ether oxygens (including phenoxy) is 2. The minimum Gasteiger partial charge on any atom is -0.497 e. The summed E-state index contributed by atoms with van der Waals surface area (Å²) in [6, 6.07) is 5.95. The number of nitrogens with zero attached hydrogens (tertiary/aromatic N) is 2. The molecule has 1 aromatic heterocycles. The molecule has 0 saturated heterocycles. The van der Waals surface area contributed by atoms with E-state index in [-0.39, 0.29) is 6.04 Å². The summed E-state index contributed by atoms with van der Waals surface area (Å²) in [5.41, 5.74) is 7.87. The molecular formula is C13H19N3O2. The Labute approximate surface area is 107 Å². The van der Waals surface area contributed by atoms with Gasteiger partial charge in [0.15, 0.2) is 0 Å². The van der Waals surface area contributed by atoms with Crippen molar-refractivity contribution in [1.29, 1.82) is 0 Å². The molecule has 0 aliphatic carbocycles. The van der Waals surface area contributed by atoms with E-state index in [4.69, 9.17) is 15.2 Å². The van der Waals surface area contributed by atoms with Crippen LogP contribution in [0.5, 0.6) is 5.75 Å². The molecule has 0 aliphatic rings. The van der Waals surface area contributed by atoms with Gasteiger partial charge in [-0.2, -0.15) is 0 Å². The highest BCUT2D eigenvalue weighted by atomic mass is 16.5. The molecule has 1 heterocycles. The second-order valence-corrected chi connectivity index (χ2v) is 4.21. The predicted molar refractivity (Wildman–Crippen MR) is 71.9 cm³/mol. The number of aromatic nitrogens is 2. The molecule has 2 N–H and O–H groups in total. The highest BCUT2D eigenvalue weighted by Crippen LogP contribution is 2.27. The number of nitrogens with two attached hydrogens (primary N) is 1. The van der Waals surface area contributed by atoms with Crippen molar-refractivity contribution in [1.82, 2.24) is 9.55 Å². The van der Waals surface area contributed by atoms with Crippen molar-refractivity contribution < 1.29 is 9.47 Å². The molecular weight excluding hydrogens is 230 g/mol. The number of rotatable bonds is 5. The van der Waals surface area contributed by atoms with Crippen LogP contribution in [0.3, 0.4) is 0 Å². The first-order valence-corrected chi connectivity index (χ1v) is 6.01. The average Bonchev–Trinajstić information content (AvgIpc) is 2.71. The van der Waals surface area contributed by atoms with Gasteiger partial charge < -0.3 is 19.8 Å². The van der Waals surface area contributed by atoms with Crippen LogP contribution in [0.4, 0.5) is 5.95 Å². The van der Waals surface area contributed by atoms with Gasteiger partial charge in [-0.3, -0.25) is 0 Å². The molecule has 1 atom stereocenters. The summed E-state index contributed by atoms with van der Waals surface area (Å²) in [5.74, 6) is 1.32.